The molecule has 132 valence electrons. The highest BCUT2D eigenvalue weighted by molar-refractivity contribution is 14.0. The highest BCUT2D eigenvalue weighted by Gasteiger charge is 2.29. The van der Waals surface area contributed by atoms with Crippen molar-refractivity contribution in [3.63, 3.8) is 0 Å². The van der Waals surface area contributed by atoms with Crippen LogP contribution in [0.4, 0.5) is 0 Å². The number of rotatable bonds is 6. The topological polar surface area (TPSA) is 49.3 Å². The van der Waals surface area contributed by atoms with E-state index in [0.717, 1.165) is 25.5 Å². The van der Waals surface area contributed by atoms with Gasteiger partial charge in [-0.1, -0.05) is 13.8 Å². The Labute approximate surface area is 165 Å². The van der Waals surface area contributed by atoms with Crippen molar-refractivity contribution in [2.75, 3.05) is 25.9 Å². The van der Waals surface area contributed by atoms with Crippen LogP contribution in [0.3, 0.4) is 0 Å². The minimum absolute atomic E-state index is 0. The predicted octanol–water partition coefficient (Wildman–Crippen LogP) is 3.88. The molecular formula is C16H29IN4S2. The summed E-state index contributed by atoms with van der Waals surface area (Å²) in [7, 11) is 1.83. The van der Waals surface area contributed by atoms with E-state index in [9.17, 15) is 0 Å². The molecule has 0 radical (unpaired) electrons. The zero-order chi connectivity index (χ0) is 16.0. The van der Waals surface area contributed by atoms with Crippen LogP contribution in [0.1, 0.15) is 50.2 Å². The normalized spacial score (nSPS) is 21.3. The Morgan fingerprint density at radius 3 is 2.78 bits per heavy atom. The fourth-order valence-corrected chi connectivity index (χ4v) is 4.59. The fraction of sp³-hybridized carbons (Fsp3) is 0.750. The van der Waals surface area contributed by atoms with Crippen molar-refractivity contribution in [2.45, 2.75) is 50.7 Å². The van der Waals surface area contributed by atoms with Crippen molar-refractivity contribution >= 4 is 53.0 Å². The van der Waals surface area contributed by atoms with Gasteiger partial charge in [0.15, 0.2) is 5.96 Å². The second kappa shape index (κ2) is 10.1. The smallest absolute Gasteiger partial charge is 0.191 e. The third-order valence-electron chi connectivity index (χ3n) is 3.89. The second-order valence-electron chi connectivity index (χ2n) is 6.34. The van der Waals surface area contributed by atoms with Gasteiger partial charge >= 0.3 is 0 Å². The summed E-state index contributed by atoms with van der Waals surface area (Å²) in [5, 5.41) is 10.2. The number of hydrogen-bond acceptors (Lipinski definition) is 4. The van der Waals surface area contributed by atoms with E-state index in [-0.39, 0.29) is 24.0 Å². The number of aliphatic imine (C=N–C) groups is 1. The molecule has 1 atom stereocenters. The van der Waals surface area contributed by atoms with Crippen molar-refractivity contribution in [1.82, 2.24) is 15.6 Å². The average molecular weight is 468 g/mol. The minimum Gasteiger partial charge on any atom is -0.356 e. The monoisotopic (exact) mass is 468 g/mol. The van der Waals surface area contributed by atoms with E-state index in [2.05, 4.69) is 58.5 Å². The first kappa shape index (κ1) is 21.0. The first-order chi connectivity index (χ1) is 10.5. The Kier molecular flexibility index (Phi) is 9.21. The molecular weight excluding hydrogens is 439 g/mol. The molecule has 2 rings (SSSR count). The third kappa shape index (κ3) is 6.78. The van der Waals surface area contributed by atoms with Gasteiger partial charge in [0, 0.05) is 42.6 Å². The van der Waals surface area contributed by atoms with Crippen LogP contribution in [-0.4, -0.2) is 41.6 Å². The van der Waals surface area contributed by atoms with Crippen LogP contribution in [-0.2, 0) is 6.42 Å². The molecule has 0 bridgehead atoms. The highest BCUT2D eigenvalue weighted by Crippen LogP contribution is 2.36. The molecule has 7 heteroatoms. The molecule has 1 aromatic heterocycles. The SMILES string of the molecule is CN=C(NCCc1csc(C(C)C)n1)NCC1(C)CCCS1.I. The molecule has 1 aliphatic heterocycles. The van der Waals surface area contributed by atoms with E-state index < -0.39 is 0 Å². The molecule has 0 aliphatic carbocycles. The fourth-order valence-electron chi connectivity index (χ4n) is 2.48. The van der Waals surface area contributed by atoms with E-state index in [1.54, 1.807) is 11.3 Å². The van der Waals surface area contributed by atoms with Crippen molar-refractivity contribution in [3.8, 4) is 0 Å². The van der Waals surface area contributed by atoms with Gasteiger partial charge in [-0.25, -0.2) is 4.98 Å². The quantitative estimate of drug-likeness (QED) is 0.378. The van der Waals surface area contributed by atoms with E-state index in [4.69, 9.17) is 0 Å². The van der Waals surface area contributed by atoms with Crippen molar-refractivity contribution in [2.24, 2.45) is 4.99 Å². The van der Waals surface area contributed by atoms with E-state index >= 15 is 0 Å². The number of hydrogen-bond donors (Lipinski definition) is 2. The number of nitrogens with zero attached hydrogens (tertiary/aromatic N) is 2. The van der Waals surface area contributed by atoms with Crippen molar-refractivity contribution in [3.05, 3.63) is 16.1 Å². The summed E-state index contributed by atoms with van der Waals surface area (Å²) in [6.07, 6.45) is 3.56. The lowest BCUT2D eigenvalue weighted by Gasteiger charge is -2.24. The van der Waals surface area contributed by atoms with Gasteiger partial charge in [0.05, 0.1) is 10.7 Å². The van der Waals surface area contributed by atoms with Gasteiger partial charge in [0.25, 0.3) is 0 Å². The van der Waals surface area contributed by atoms with Gasteiger partial charge in [-0.3, -0.25) is 4.99 Å². The summed E-state index contributed by atoms with van der Waals surface area (Å²) >= 11 is 3.83. The number of aromatic nitrogens is 1. The Morgan fingerprint density at radius 2 is 2.22 bits per heavy atom. The molecule has 1 unspecified atom stereocenters. The second-order valence-corrected chi connectivity index (χ2v) is 8.91. The Balaban J connectivity index is 0.00000264. The predicted molar refractivity (Wildman–Crippen MR) is 115 cm³/mol. The van der Waals surface area contributed by atoms with Crippen LogP contribution in [0.25, 0.3) is 0 Å². The van der Waals surface area contributed by atoms with Crippen LogP contribution in [0.15, 0.2) is 10.4 Å². The first-order valence-corrected chi connectivity index (χ1v) is 9.92. The maximum Gasteiger partial charge on any atom is 0.191 e. The number of thioether (sulfide) groups is 1. The molecule has 1 fully saturated rings. The summed E-state index contributed by atoms with van der Waals surface area (Å²) in [6.45, 7) is 8.56. The third-order valence-corrected chi connectivity index (χ3v) is 6.62. The maximum absolute atomic E-state index is 4.67. The molecule has 0 amide bonds. The Morgan fingerprint density at radius 1 is 1.43 bits per heavy atom. The van der Waals surface area contributed by atoms with Crippen LogP contribution >= 0.6 is 47.1 Å². The molecule has 2 heterocycles. The summed E-state index contributed by atoms with van der Waals surface area (Å²) in [5.41, 5.74) is 1.18. The highest BCUT2D eigenvalue weighted by atomic mass is 127. The van der Waals surface area contributed by atoms with Crippen LogP contribution in [0, 0.1) is 0 Å². The molecule has 4 nitrogen and oxygen atoms in total. The van der Waals surface area contributed by atoms with E-state index in [1.807, 2.05) is 7.05 Å². The number of guanidine groups is 1. The molecule has 0 saturated carbocycles. The lowest BCUT2D eigenvalue weighted by Crippen LogP contribution is -2.44. The lowest BCUT2D eigenvalue weighted by atomic mass is 10.1. The summed E-state index contributed by atoms with van der Waals surface area (Å²) in [5.74, 6) is 2.70. The van der Waals surface area contributed by atoms with Gasteiger partial charge < -0.3 is 10.6 Å². The maximum atomic E-state index is 4.67. The lowest BCUT2D eigenvalue weighted by molar-refractivity contribution is 0.584. The van der Waals surface area contributed by atoms with Gasteiger partial charge in [-0.15, -0.1) is 35.3 Å². The van der Waals surface area contributed by atoms with Crippen LogP contribution < -0.4 is 10.6 Å². The average Bonchev–Trinajstić information content (AvgIpc) is 3.12. The standard InChI is InChI=1S/C16H28N4S2.HI/c1-12(2)14-20-13(10-21-14)6-8-18-15(17-4)19-11-16(3)7-5-9-22-16;/h10,12H,5-9,11H2,1-4H3,(H2,17,18,19);1H. The number of halogens is 1. The molecule has 23 heavy (non-hydrogen) atoms. The Hall–Kier alpha value is -0.0200. The zero-order valence-corrected chi connectivity index (χ0v) is 18.5. The largest absolute Gasteiger partial charge is 0.356 e. The first-order valence-electron chi connectivity index (χ1n) is 8.05. The molecule has 1 saturated heterocycles. The van der Waals surface area contributed by atoms with E-state index in [0.29, 0.717) is 10.7 Å². The van der Waals surface area contributed by atoms with Crippen LogP contribution in [0.2, 0.25) is 0 Å². The van der Waals surface area contributed by atoms with E-state index in [1.165, 1.54) is 29.3 Å². The summed E-state index contributed by atoms with van der Waals surface area (Å²) in [6, 6.07) is 0. The summed E-state index contributed by atoms with van der Waals surface area (Å²) < 4.78 is 0.360. The Bertz CT molecular complexity index is 496. The van der Waals surface area contributed by atoms with Crippen molar-refractivity contribution < 1.29 is 0 Å². The zero-order valence-electron chi connectivity index (χ0n) is 14.5. The van der Waals surface area contributed by atoms with Gasteiger partial charge in [-0.05, 0) is 25.5 Å². The van der Waals surface area contributed by atoms with Crippen molar-refractivity contribution in [1.29, 1.82) is 0 Å². The molecule has 0 aromatic carbocycles. The van der Waals surface area contributed by atoms with Gasteiger partial charge in [0.2, 0.25) is 0 Å². The molecule has 2 N–H and O–H groups in total. The summed E-state index contributed by atoms with van der Waals surface area (Å²) in [4.78, 5) is 8.98. The van der Waals surface area contributed by atoms with Crippen LogP contribution in [0.5, 0.6) is 0 Å². The number of nitrogens with one attached hydrogen (secondary N) is 2. The number of thiazole rings is 1. The molecule has 1 aliphatic rings. The molecule has 1 aromatic rings. The minimum atomic E-state index is 0. The van der Waals surface area contributed by atoms with Gasteiger partial charge in [-0.2, -0.15) is 11.8 Å². The molecule has 0 spiro atoms. The van der Waals surface area contributed by atoms with Gasteiger partial charge in [0.1, 0.15) is 0 Å².